The van der Waals surface area contributed by atoms with Crippen LogP contribution in [-0.4, -0.2) is 46.5 Å². The van der Waals surface area contributed by atoms with Crippen molar-refractivity contribution in [1.29, 1.82) is 0 Å². The van der Waals surface area contributed by atoms with Crippen LogP contribution >= 0.6 is 0 Å². The van der Waals surface area contributed by atoms with Crippen molar-refractivity contribution in [2.45, 2.75) is 37.8 Å². The first kappa shape index (κ1) is 23.8. The van der Waals surface area contributed by atoms with Gasteiger partial charge >= 0.3 is 12.2 Å². The highest BCUT2D eigenvalue weighted by Crippen LogP contribution is 2.31. The third kappa shape index (κ3) is 5.96. The molecular formula is C25H28F3N5O. The number of halogens is 3. The van der Waals surface area contributed by atoms with Crippen molar-refractivity contribution in [3.63, 3.8) is 0 Å². The summed E-state index contributed by atoms with van der Waals surface area (Å²) in [7, 11) is 0. The fourth-order valence-corrected chi connectivity index (χ4v) is 4.62. The second kappa shape index (κ2) is 10.3. The van der Waals surface area contributed by atoms with Gasteiger partial charge < -0.3 is 5.73 Å². The van der Waals surface area contributed by atoms with Crippen LogP contribution in [0.1, 0.15) is 35.6 Å². The Labute approximate surface area is 196 Å². The number of anilines is 1. The molecule has 0 saturated carbocycles. The quantitative estimate of drug-likeness (QED) is 0.569. The summed E-state index contributed by atoms with van der Waals surface area (Å²) in [4.78, 5) is 12.6. The van der Waals surface area contributed by atoms with Gasteiger partial charge in [0.2, 0.25) is 0 Å². The van der Waals surface area contributed by atoms with E-state index < -0.39 is 18.8 Å². The Hall–Kier alpha value is -3.33. The molecule has 1 aliphatic carbocycles. The molecule has 0 radical (unpaired) electrons. The molecule has 0 bridgehead atoms. The normalized spacial score (nSPS) is 17.7. The molecule has 6 nitrogen and oxygen atoms in total. The van der Waals surface area contributed by atoms with Crippen molar-refractivity contribution in [2.75, 3.05) is 25.0 Å². The van der Waals surface area contributed by atoms with Crippen LogP contribution in [-0.2, 0) is 12.8 Å². The Morgan fingerprint density at radius 2 is 1.74 bits per heavy atom. The fourth-order valence-electron chi connectivity index (χ4n) is 4.62. The molecule has 34 heavy (non-hydrogen) atoms. The zero-order valence-corrected chi connectivity index (χ0v) is 18.8. The van der Waals surface area contributed by atoms with Crippen LogP contribution in [0.4, 0.5) is 23.8 Å². The summed E-state index contributed by atoms with van der Waals surface area (Å²) in [5.41, 5.74) is 9.47. The topological polar surface area (TPSA) is 76.2 Å². The van der Waals surface area contributed by atoms with Gasteiger partial charge in [0, 0.05) is 12.1 Å². The minimum absolute atomic E-state index is 0.253. The number of para-hydroxylation sites is 1. The largest absolute Gasteiger partial charge is 0.401 e. The maximum absolute atomic E-state index is 12.2. The van der Waals surface area contributed by atoms with Crippen molar-refractivity contribution in [3.8, 4) is 5.69 Å². The SMILES string of the molecule is FC(F)(F)CN1CC[C@H](c2ccccc2)C1.NC(=O)Nc1c2c(nn1-c1ccccc1)CCC2. The standard InChI is InChI=1S/C13H14N4O.C12H14F3N/c14-13(18)15-12-10-7-4-8-11(10)16-17(12)9-5-2-1-3-6-9;13-12(14,15)9-16-7-6-11(8-16)10-4-2-1-3-5-10/h1-3,5-6H,4,7-8H2,(H3,14,15,18);1-5,11H,6-9H2/t;11-/m.0/s1. The van der Waals surface area contributed by atoms with Crippen LogP contribution in [0.2, 0.25) is 0 Å². The third-order valence-corrected chi connectivity index (χ3v) is 6.10. The molecule has 3 aromatic rings. The second-order valence-electron chi connectivity index (χ2n) is 8.61. The summed E-state index contributed by atoms with van der Waals surface area (Å²) in [6.45, 7) is 0.277. The van der Waals surface area contributed by atoms with Crippen molar-refractivity contribution >= 4 is 11.8 Å². The molecule has 1 saturated heterocycles. The summed E-state index contributed by atoms with van der Waals surface area (Å²) in [5.74, 6) is 0.963. The third-order valence-electron chi connectivity index (χ3n) is 6.10. The van der Waals surface area contributed by atoms with Gasteiger partial charge in [0.05, 0.1) is 17.9 Å². The number of hydrogen-bond donors (Lipinski definition) is 2. The van der Waals surface area contributed by atoms with Crippen LogP contribution in [0.3, 0.4) is 0 Å². The minimum atomic E-state index is -4.08. The van der Waals surface area contributed by atoms with E-state index in [2.05, 4.69) is 10.4 Å². The average molecular weight is 472 g/mol. The molecule has 2 amide bonds. The van der Waals surface area contributed by atoms with Gasteiger partial charge in [-0.1, -0.05) is 48.5 Å². The Kier molecular flexibility index (Phi) is 7.21. The van der Waals surface area contributed by atoms with Gasteiger partial charge in [0.15, 0.2) is 0 Å². The lowest BCUT2D eigenvalue weighted by atomic mass is 9.99. The number of amides is 2. The molecule has 3 N–H and O–H groups in total. The molecule has 1 fully saturated rings. The molecule has 1 aromatic heterocycles. The number of benzene rings is 2. The number of primary amides is 1. The molecule has 2 aliphatic rings. The van der Waals surface area contributed by atoms with Crippen molar-refractivity contribution in [1.82, 2.24) is 14.7 Å². The fraction of sp³-hybridized carbons (Fsp3) is 0.360. The van der Waals surface area contributed by atoms with E-state index in [9.17, 15) is 18.0 Å². The number of aromatic nitrogens is 2. The van der Waals surface area contributed by atoms with Crippen molar-refractivity contribution in [3.05, 3.63) is 77.5 Å². The van der Waals surface area contributed by atoms with Crippen LogP contribution in [0.25, 0.3) is 5.69 Å². The highest BCUT2D eigenvalue weighted by Gasteiger charge is 2.34. The number of hydrogen-bond acceptors (Lipinski definition) is 3. The minimum Gasteiger partial charge on any atom is -0.351 e. The lowest BCUT2D eigenvalue weighted by molar-refractivity contribution is -0.143. The van der Waals surface area contributed by atoms with E-state index in [1.807, 2.05) is 60.7 Å². The summed E-state index contributed by atoms with van der Waals surface area (Å²) >= 11 is 0. The number of nitrogens with two attached hydrogens (primary N) is 1. The monoisotopic (exact) mass is 471 g/mol. The molecular weight excluding hydrogens is 443 g/mol. The first-order chi connectivity index (χ1) is 16.3. The van der Waals surface area contributed by atoms with Crippen molar-refractivity contribution < 1.29 is 18.0 Å². The maximum Gasteiger partial charge on any atom is 0.401 e. The number of alkyl halides is 3. The smallest absolute Gasteiger partial charge is 0.351 e. The summed E-state index contributed by atoms with van der Waals surface area (Å²) in [6, 6.07) is 18.9. The highest BCUT2D eigenvalue weighted by molar-refractivity contribution is 5.88. The molecule has 1 atom stereocenters. The van der Waals surface area contributed by atoms with Crippen LogP contribution < -0.4 is 11.1 Å². The Balaban J connectivity index is 0.000000162. The van der Waals surface area contributed by atoms with Gasteiger partial charge in [0.1, 0.15) is 5.82 Å². The average Bonchev–Trinajstić information content (AvgIpc) is 3.52. The first-order valence-corrected chi connectivity index (χ1v) is 11.4. The molecule has 2 aromatic carbocycles. The molecule has 5 rings (SSSR count). The number of nitrogens with one attached hydrogen (secondary N) is 1. The number of fused-ring (bicyclic) bond motifs is 1. The second-order valence-corrected chi connectivity index (χ2v) is 8.61. The number of carbonyl (C=O) groups is 1. The van der Waals surface area contributed by atoms with E-state index in [4.69, 9.17) is 5.73 Å². The van der Waals surface area contributed by atoms with Gasteiger partial charge in [-0.25, -0.2) is 9.48 Å². The number of carbonyl (C=O) groups excluding carboxylic acids is 1. The molecule has 9 heteroatoms. The maximum atomic E-state index is 12.2. The highest BCUT2D eigenvalue weighted by atomic mass is 19.4. The van der Waals surface area contributed by atoms with Gasteiger partial charge in [-0.05, 0) is 55.8 Å². The van der Waals surface area contributed by atoms with Gasteiger partial charge in [-0.2, -0.15) is 18.3 Å². The number of urea groups is 1. The van der Waals surface area contributed by atoms with Gasteiger partial charge in [0.25, 0.3) is 0 Å². The van der Waals surface area contributed by atoms with E-state index in [1.54, 1.807) is 4.68 Å². The Morgan fingerprint density at radius 1 is 1.06 bits per heavy atom. The zero-order valence-electron chi connectivity index (χ0n) is 18.8. The van der Waals surface area contributed by atoms with Crippen LogP contribution in [0.15, 0.2) is 60.7 Å². The van der Waals surface area contributed by atoms with E-state index in [0.29, 0.717) is 18.9 Å². The molecule has 2 heterocycles. The van der Waals surface area contributed by atoms with E-state index in [0.717, 1.165) is 48.2 Å². The van der Waals surface area contributed by atoms with E-state index >= 15 is 0 Å². The van der Waals surface area contributed by atoms with Crippen LogP contribution in [0.5, 0.6) is 0 Å². The van der Waals surface area contributed by atoms with Gasteiger partial charge in [-0.3, -0.25) is 10.2 Å². The lowest BCUT2D eigenvalue weighted by Gasteiger charge is -2.17. The lowest BCUT2D eigenvalue weighted by Crippen LogP contribution is -2.32. The Bertz CT molecular complexity index is 1100. The number of likely N-dealkylation sites (tertiary alicyclic amines) is 1. The zero-order chi connectivity index (χ0) is 24.1. The number of aryl methyl sites for hydroxylation is 1. The molecule has 0 unspecified atom stereocenters. The molecule has 0 spiro atoms. The van der Waals surface area contributed by atoms with Crippen LogP contribution in [0, 0.1) is 0 Å². The summed E-state index contributed by atoms with van der Waals surface area (Å²) in [5, 5.41) is 7.25. The first-order valence-electron chi connectivity index (χ1n) is 11.4. The summed E-state index contributed by atoms with van der Waals surface area (Å²) < 4.78 is 38.3. The van der Waals surface area contributed by atoms with E-state index in [1.165, 1.54) is 4.90 Å². The predicted molar refractivity (Wildman–Crippen MR) is 125 cm³/mol. The number of nitrogens with zero attached hydrogens (tertiary/aromatic N) is 3. The summed E-state index contributed by atoms with van der Waals surface area (Å²) in [6.07, 6.45) is -0.271. The van der Waals surface area contributed by atoms with Crippen molar-refractivity contribution in [2.24, 2.45) is 5.73 Å². The van der Waals surface area contributed by atoms with Gasteiger partial charge in [-0.15, -0.1) is 0 Å². The predicted octanol–water partition coefficient (Wildman–Crippen LogP) is 4.89. The molecule has 180 valence electrons. The molecule has 1 aliphatic heterocycles. The number of rotatable bonds is 4. The Morgan fingerprint density at radius 3 is 2.38 bits per heavy atom. The van der Waals surface area contributed by atoms with E-state index in [-0.39, 0.29) is 5.92 Å².